The molecule has 0 bridgehead atoms. The van der Waals surface area contributed by atoms with E-state index in [4.69, 9.17) is 0 Å². The van der Waals surface area contributed by atoms with Gasteiger partial charge in [0.1, 0.15) is 12.5 Å². The molecule has 2 aromatic heterocycles. The number of hydrogen-bond acceptors (Lipinski definition) is 2. The number of rotatable bonds is 1. The zero-order chi connectivity index (χ0) is 8.55. The monoisotopic (exact) mass is 163 g/mol. The Morgan fingerprint density at radius 1 is 1.50 bits per heavy atom. The third-order valence-electron chi connectivity index (χ3n) is 1.89. The summed E-state index contributed by atoms with van der Waals surface area (Å²) in [5, 5.41) is 0. The van der Waals surface area contributed by atoms with Crippen molar-refractivity contribution in [3.8, 4) is 0 Å². The Morgan fingerprint density at radius 3 is 3.08 bits per heavy atom. The van der Waals surface area contributed by atoms with Crippen LogP contribution in [0.25, 0.3) is 11.2 Å². The molecule has 0 atom stereocenters. The molecular formula is C8H11N4+. The predicted octanol–water partition coefficient (Wildman–Crippen LogP) is 0.276. The molecule has 0 aliphatic carbocycles. The molecule has 12 heavy (non-hydrogen) atoms. The highest BCUT2D eigenvalue weighted by Crippen LogP contribution is 2.05. The quantitative estimate of drug-likeness (QED) is 0.566. The maximum absolute atomic E-state index is 4.18. The van der Waals surface area contributed by atoms with Gasteiger partial charge in [-0.2, -0.15) is 4.98 Å². The van der Waals surface area contributed by atoms with Crippen LogP contribution in [0.3, 0.4) is 0 Å². The van der Waals surface area contributed by atoms with Crippen molar-refractivity contribution in [3.05, 3.63) is 18.9 Å². The minimum atomic E-state index is 0.815. The molecular weight excluding hydrogens is 152 g/mol. The van der Waals surface area contributed by atoms with Crippen molar-refractivity contribution in [3.63, 3.8) is 0 Å². The lowest BCUT2D eigenvalue weighted by atomic mass is 10.5. The predicted molar refractivity (Wildman–Crippen MR) is 44.4 cm³/mol. The van der Waals surface area contributed by atoms with Crippen molar-refractivity contribution in [2.75, 3.05) is 0 Å². The van der Waals surface area contributed by atoms with E-state index < -0.39 is 0 Å². The fourth-order valence-electron chi connectivity index (χ4n) is 1.24. The first-order valence-corrected chi connectivity index (χ1v) is 3.97. The summed E-state index contributed by atoms with van der Waals surface area (Å²) >= 11 is 0. The van der Waals surface area contributed by atoms with Gasteiger partial charge in [0.15, 0.2) is 5.52 Å². The van der Waals surface area contributed by atoms with Crippen molar-refractivity contribution >= 4 is 11.2 Å². The van der Waals surface area contributed by atoms with Crippen molar-refractivity contribution < 1.29 is 4.57 Å². The fourth-order valence-corrected chi connectivity index (χ4v) is 1.24. The lowest BCUT2D eigenvalue weighted by molar-refractivity contribution is -0.673. The van der Waals surface area contributed by atoms with Crippen LogP contribution in [0.5, 0.6) is 0 Å². The Kier molecular flexibility index (Phi) is 1.53. The molecule has 0 aromatic carbocycles. The highest BCUT2D eigenvalue weighted by atomic mass is 15.1. The van der Waals surface area contributed by atoms with Gasteiger partial charge in [-0.1, -0.05) is 0 Å². The van der Waals surface area contributed by atoms with Gasteiger partial charge in [-0.25, -0.2) is 4.57 Å². The standard InChI is InChI=1S/C8H11N4/c1-3-12-6-10-8-7(12)4-11(2)5-9-8/h4-6H,3H2,1-2H3/q+1. The lowest BCUT2D eigenvalue weighted by Crippen LogP contribution is -2.27. The first-order valence-electron chi connectivity index (χ1n) is 3.97. The van der Waals surface area contributed by atoms with Crippen LogP contribution in [0.1, 0.15) is 6.92 Å². The average Bonchev–Trinajstić information content (AvgIpc) is 2.46. The highest BCUT2D eigenvalue weighted by Gasteiger charge is 2.07. The minimum Gasteiger partial charge on any atom is -0.325 e. The summed E-state index contributed by atoms with van der Waals surface area (Å²) in [4.78, 5) is 8.35. The molecule has 4 nitrogen and oxygen atoms in total. The maximum atomic E-state index is 4.18. The van der Waals surface area contributed by atoms with Gasteiger partial charge >= 0.3 is 0 Å². The average molecular weight is 163 g/mol. The topological polar surface area (TPSA) is 34.6 Å². The van der Waals surface area contributed by atoms with Crippen LogP contribution in [0, 0.1) is 0 Å². The van der Waals surface area contributed by atoms with Gasteiger partial charge in [0.2, 0.25) is 0 Å². The molecule has 0 saturated carbocycles. The molecule has 4 heteroatoms. The summed E-state index contributed by atoms with van der Waals surface area (Å²) < 4.78 is 4.00. The van der Waals surface area contributed by atoms with Crippen molar-refractivity contribution in [2.45, 2.75) is 13.5 Å². The second kappa shape index (κ2) is 2.55. The smallest absolute Gasteiger partial charge is 0.295 e. The van der Waals surface area contributed by atoms with E-state index in [0.717, 1.165) is 17.7 Å². The summed E-state index contributed by atoms with van der Waals surface area (Å²) in [6, 6.07) is 0. The summed E-state index contributed by atoms with van der Waals surface area (Å²) in [7, 11) is 1.96. The largest absolute Gasteiger partial charge is 0.325 e. The lowest BCUT2D eigenvalue weighted by Gasteiger charge is -1.94. The molecule has 2 heterocycles. The van der Waals surface area contributed by atoms with E-state index in [1.165, 1.54) is 0 Å². The first-order chi connectivity index (χ1) is 5.81. The van der Waals surface area contributed by atoms with Gasteiger partial charge in [-0.3, -0.25) is 0 Å². The van der Waals surface area contributed by atoms with Gasteiger partial charge in [0.05, 0.1) is 7.05 Å². The van der Waals surface area contributed by atoms with Crippen LogP contribution < -0.4 is 4.57 Å². The van der Waals surface area contributed by atoms with Gasteiger partial charge in [-0.05, 0) is 11.9 Å². The van der Waals surface area contributed by atoms with Crippen molar-refractivity contribution in [1.29, 1.82) is 0 Å². The van der Waals surface area contributed by atoms with Crippen LogP contribution in [0.15, 0.2) is 18.9 Å². The molecule has 0 fully saturated rings. The molecule has 0 radical (unpaired) electrons. The van der Waals surface area contributed by atoms with E-state index >= 15 is 0 Å². The molecule has 0 N–H and O–H groups in total. The molecule has 0 unspecified atom stereocenters. The van der Waals surface area contributed by atoms with Gasteiger partial charge in [0.25, 0.3) is 12.0 Å². The van der Waals surface area contributed by atoms with E-state index in [9.17, 15) is 0 Å². The van der Waals surface area contributed by atoms with Crippen LogP contribution in [0.4, 0.5) is 0 Å². The van der Waals surface area contributed by atoms with Crippen LogP contribution in [-0.4, -0.2) is 14.5 Å². The SMILES string of the molecule is CCn1cnc2nc[n+](C)cc21. The molecule has 0 aliphatic rings. The number of nitrogens with zero attached hydrogens (tertiary/aromatic N) is 4. The number of aryl methyl sites for hydroxylation is 2. The number of aromatic nitrogens is 4. The Balaban J connectivity index is 2.75. The first kappa shape index (κ1) is 7.21. The second-order valence-electron chi connectivity index (χ2n) is 2.78. The van der Waals surface area contributed by atoms with Gasteiger partial charge in [0, 0.05) is 6.54 Å². The minimum absolute atomic E-state index is 0.815. The Morgan fingerprint density at radius 2 is 2.33 bits per heavy atom. The van der Waals surface area contributed by atoms with E-state index in [0.29, 0.717) is 0 Å². The molecule has 0 spiro atoms. The normalized spacial score (nSPS) is 10.8. The van der Waals surface area contributed by atoms with Crippen molar-refractivity contribution in [2.24, 2.45) is 7.05 Å². The third kappa shape index (κ3) is 0.958. The fraction of sp³-hybridized carbons (Fsp3) is 0.375. The Labute approximate surface area is 70.5 Å². The highest BCUT2D eigenvalue weighted by molar-refractivity contribution is 5.68. The molecule has 2 aromatic rings. The van der Waals surface area contributed by atoms with Gasteiger partial charge < -0.3 is 4.57 Å². The summed E-state index contributed by atoms with van der Waals surface area (Å²) in [6.07, 6.45) is 5.60. The third-order valence-corrected chi connectivity index (χ3v) is 1.89. The van der Waals surface area contributed by atoms with E-state index in [-0.39, 0.29) is 0 Å². The molecule has 62 valence electrons. The van der Waals surface area contributed by atoms with Gasteiger partial charge in [-0.15, -0.1) is 0 Å². The zero-order valence-corrected chi connectivity index (χ0v) is 7.23. The Hall–Kier alpha value is -1.45. The van der Waals surface area contributed by atoms with E-state index in [1.807, 2.05) is 24.1 Å². The van der Waals surface area contributed by atoms with E-state index in [2.05, 4.69) is 21.5 Å². The van der Waals surface area contributed by atoms with E-state index in [1.54, 1.807) is 6.33 Å². The molecule has 2 rings (SSSR count). The molecule has 0 saturated heterocycles. The number of imidazole rings is 1. The van der Waals surface area contributed by atoms with Crippen LogP contribution >= 0.6 is 0 Å². The number of fused-ring (bicyclic) bond motifs is 1. The van der Waals surface area contributed by atoms with Crippen LogP contribution in [0.2, 0.25) is 0 Å². The molecule has 0 aliphatic heterocycles. The Bertz CT molecular complexity index is 404. The zero-order valence-electron chi connectivity index (χ0n) is 7.23. The summed E-state index contributed by atoms with van der Waals surface area (Å²) in [5.74, 6) is 0. The summed E-state index contributed by atoms with van der Waals surface area (Å²) in [6.45, 7) is 3.02. The maximum Gasteiger partial charge on any atom is 0.295 e. The van der Waals surface area contributed by atoms with Crippen molar-refractivity contribution in [1.82, 2.24) is 14.5 Å². The van der Waals surface area contributed by atoms with Crippen LogP contribution in [-0.2, 0) is 13.6 Å². The molecule has 0 amide bonds. The summed E-state index contributed by atoms with van der Waals surface area (Å²) in [5.41, 5.74) is 1.90. The second-order valence-corrected chi connectivity index (χ2v) is 2.78. The number of hydrogen-bond donors (Lipinski definition) is 0.